The molecule has 0 aromatic heterocycles. The van der Waals surface area contributed by atoms with Crippen LogP contribution in [0.5, 0.6) is 5.75 Å². The molecule has 3 N–H and O–H groups in total. The van der Waals surface area contributed by atoms with Crippen LogP contribution >= 0.6 is 0 Å². The second-order valence-electron chi connectivity index (χ2n) is 5.96. The molecule has 128 valence electrons. The molecule has 7 nitrogen and oxygen atoms in total. The highest BCUT2D eigenvalue weighted by Gasteiger charge is 2.40. The molecule has 2 unspecified atom stereocenters. The smallest absolute Gasteiger partial charge is 0.319 e. The Morgan fingerprint density at radius 2 is 2.04 bits per heavy atom. The average molecular weight is 331 g/mol. The highest BCUT2D eigenvalue weighted by Crippen LogP contribution is 2.33. The predicted octanol–water partition coefficient (Wildman–Crippen LogP) is 0.916. The first kappa shape index (κ1) is 16.3. The number of benzene rings is 1. The standard InChI is InChI=1S/C17H21N3O4/c1-3-24-12-6-4-11(5-7-12)15-14-13(18-17(23)19-15)9-20(16(14)22)8-10(2)21/h4-7,10,15,21H,3,8-9H2,1-2H3,(H2,18,19,23). The number of aliphatic hydroxyl groups is 1. The van der Waals surface area contributed by atoms with E-state index in [1.165, 1.54) is 0 Å². The Bertz CT molecular complexity index is 682. The molecular weight excluding hydrogens is 310 g/mol. The highest BCUT2D eigenvalue weighted by atomic mass is 16.5. The van der Waals surface area contributed by atoms with Gasteiger partial charge >= 0.3 is 6.03 Å². The molecule has 3 amide bonds. The van der Waals surface area contributed by atoms with Crippen LogP contribution in [0.15, 0.2) is 35.5 Å². The third kappa shape index (κ3) is 3.07. The van der Waals surface area contributed by atoms with Crippen molar-refractivity contribution in [3.8, 4) is 5.75 Å². The molecular formula is C17H21N3O4. The Labute approximate surface area is 140 Å². The maximum atomic E-state index is 12.7. The minimum Gasteiger partial charge on any atom is -0.494 e. The van der Waals surface area contributed by atoms with Crippen LogP contribution in [0.1, 0.15) is 25.5 Å². The Hall–Kier alpha value is -2.54. The Morgan fingerprint density at radius 1 is 1.33 bits per heavy atom. The van der Waals surface area contributed by atoms with Gasteiger partial charge in [-0.15, -0.1) is 0 Å². The average Bonchev–Trinajstić information content (AvgIpc) is 2.83. The first-order chi connectivity index (χ1) is 11.5. The van der Waals surface area contributed by atoms with E-state index in [0.29, 0.717) is 24.4 Å². The largest absolute Gasteiger partial charge is 0.494 e. The zero-order chi connectivity index (χ0) is 17.3. The molecule has 0 saturated carbocycles. The van der Waals surface area contributed by atoms with Gasteiger partial charge in [-0.25, -0.2) is 4.79 Å². The summed E-state index contributed by atoms with van der Waals surface area (Å²) in [4.78, 5) is 26.2. The van der Waals surface area contributed by atoms with Crippen molar-refractivity contribution in [1.82, 2.24) is 15.5 Å². The van der Waals surface area contributed by atoms with Gasteiger partial charge in [-0.2, -0.15) is 0 Å². The summed E-state index contributed by atoms with van der Waals surface area (Å²) in [7, 11) is 0. The Balaban J connectivity index is 1.88. The van der Waals surface area contributed by atoms with Crippen LogP contribution in [-0.2, 0) is 4.79 Å². The van der Waals surface area contributed by atoms with Gasteiger partial charge < -0.3 is 25.4 Å². The van der Waals surface area contributed by atoms with Gasteiger partial charge in [-0.3, -0.25) is 4.79 Å². The molecule has 0 bridgehead atoms. The SMILES string of the molecule is CCOc1ccc(C2NC(=O)NC3=C2C(=O)N(CC(C)O)C3)cc1. The molecule has 3 rings (SSSR count). The minimum absolute atomic E-state index is 0.169. The molecule has 2 aliphatic rings. The van der Waals surface area contributed by atoms with Gasteiger partial charge in [0.15, 0.2) is 0 Å². The number of urea groups is 1. The van der Waals surface area contributed by atoms with Gasteiger partial charge in [-0.1, -0.05) is 12.1 Å². The van der Waals surface area contributed by atoms with E-state index in [9.17, 15) is 14.7 Å². The van der Waals surface area contributed by atoms with Crippen molar-refractivity contribution < 1.29 is 19.4 Å². The number of carbonyl (C=O) groups is 2. The molecule has 0 spiro atoms. The van der Waals surface area contributed by atoms with Gasteiger partial charge in [0.2, 0.25) is 0 Å². The first-order valence-corrected chi connectivity index (χ1v) is 8.00. The number of carbonyl (C=O) groups excluding carboxylic acids is 2. The summed E-state index contributed by atoms with van der Waals surface area (Å²) in [5.74, 6) is 0.571. The quantitative estimate of drug-likeness (QED) is 0.748. The fourth-order valence-corrected chi connectivity index (χ4v) is 3.07. The summed E-state index contributed by atoms with van der Waals surface area (Å²) in [6.45, 7) is 4.65. The molecule has 0 saturated heterocycles. The number of amides is 3. The lowest BCUT2D eigenvalue weighted by atomic mass is 9.96. The van der Waals surface area contributed by atoms with Gasteiger partial charge in [0.25, 0.3) is 5.91 Å². The van der Waals surface area contributed by atoms with Crippen LogP contribution in [-0.4, -0.2) is 47.7 Å². The third-order valence-electron chi connectivity index (χ3n) is 4.03. The van der Waals surface area contributed by atoms with E-state index in [1.807, 2.05) is 31.2 Å². The second kappa shape index (κ2) is 6.52. The van der Waals surface area contributed by atoms with E-state index in [0.717, 1.165) is 11.3 Å². The summed E-state index contributed by atoms with van der Waals surface area (Å²) in [5.41, 5.74) is 1.94. The van der Waals surface area contributed by atoms with Crippen molar-refractivity contribution in [2.24, 2.45) is 0 Å². The molecule has 2 heterocycles. The summed E-state index contributed by atoms with van der Waals surface area (Å²) in [6.07, 6.45) is -0.622. The van der Waals surface area contributed by atoms with E-state index >= 15 is 0 Å². The highest BCUT2D eigenvalue weighted by molar-refractivity contribution is 6.01. The summed E-state index contributed by atoms with van der Waals surface area (Å²) in [6, 6.07) is 6.49. The topological polar surface area (TPSA) is 90.9 Å². The van der Waals surface area contributed by atoms with E-state index in [2.05, 4.69) is 10.6 Å². The molecule has 1 aromatic rings. The van der Waals surface area contributed by atoms with Crippen LogP contribution in [0.2, 0.25) is 0 Å². The number of β-amino-alcohol motifs (C(OH)–C–C–N with tert-alkyl or cyclic N) is 1. The maximum Gasteiger partial charge on any atom is 0.319 e. The molecule has 24 heavy (non-hydrogen) atoms. The lowest BCUT2D eigenvalue weighted by molar-refractivity contribution is -0.126. The van der Waals surface area contributed by atoms with Gasteiger partial charge in [0, 0.05) is 6.54 Å². The zero-order valence-corrected chi connectivity index (χ0v) is 13.7. The number of ether oxygens (including phenoxy) is 1. The molecule has 1 aromatic carbocycles. The number of aliphatic hydroxyl groups excluding tert-OH is 1. The van der Waals surface area contributed by atoms with Crippen molar-refractivity contribution in [1.29, 1.82) is 0 Å². The number of hydrogen-bond acceptors (Lipinski definition) is 4. The number of nitrogens with one attached hydrogen (secondary N) is 2. The summed E-state index contributed by atoms with van der Waals surface area (Å²) < 4.78 is 5.42. The van der Waals surface area contributed by atoms with Crippen LogP contribution < -0.4 is 15.4 Å². The second-order valence-corrected chi connectivity index (χ2v) is 5.96. The normalized spacial score (nSPS) is 21.3. The number of rotatable bonds is 5. The van der Waals surface area contributed by atoms with E-state index in [4.69, 9.17) is 4.74 Å². The first-order valence-electron chi connectivity index (χ1n) is 8.00. The molecule has 2 atom stereocenters. The lowest BCUT2D eigenvalue weighted by Crippen LogP contribution is -2.44. The van der Waals surface area contributed by atoms with Crippen molar-refractivity contribution in [2.75, 3.05) is 19.7 Å². The zero-order valence-electron chi connectivity index (χ0n) is 13.7. The number of nitrogens with zero attached hydrogens (tertiary/aromatic N) is 1. The van der Waals surface area contributed by atoms with Crippen molar-refractivity contribution in [3.63, 3.8) is 0 Å². The molecule has 7 heteroatoms. The summed E-state index contributed by atoms with van der Waals surface area (Å²) in [5, 5.41) is 15.1. The lowest BCUT2D eigenvalue weighted by Gasteiger charge is -2.25. The van der Waals surface area contributed by atoms with Crippen molar-refractivity contribution in [3.05, 3.63) is 41.1 Å². The minimum atomic E-state index is -0.622. The van der Waals surface area contributed by atoms with Crippen molar-refractivity contribution >= 4 is 11.9 Å². The summed E-state index contributed by atoms with van der Waals surface area (Å²) >= 11 is 0. The molecule has 0 radical (unpaired) electrons. The van der Waals surface area contributed by atoms with Crippen LogP contribution in [0.25, 0.3) is 0 Å². The van der Waals surface area contributed by atoms with Gasteiger partial charge in [-0.05, 0) is 31.5 Å². The number of hydrogen-bond donors (Lipinski definition) is 3. The predicted molar refractivity (Wildman–Crippen MR) is 87.3 cm³/mol. The van der Waals surface area contributed by atoms with Gasteiger partial charge in [0.05, 0.1) is 36.6 Å². The van der Waals surface area contributed by atoms with Crippen LogP contribution in [0.3, 0.4) is 0 Å². The fourth-order valence-electron chi connectivity index (χ4n) is 3.07. The van der Waals surface area contributed by atoms with E-state index in [1.54, 1.807) is 11.8 Å². The van der Waals surface area contributed by atoms with Crippen molar-refractivity contribution in [2.45, 2.75) is 26.0 Å². The van der Waals surface area contributed by atoms with E-state index < -0.39 is 12.1 Å². The van der Waals surface area contributed by atoms with Gasteiger partial charge in [0.1, 0.15) is 5.75 Å². The Kier molecular flexibility index (Phi) is 4.44. The van der Waals surface area contributed by atoms with Crippen LogP contribution in [0.4, 0.5) is 4.79 Å². The fraction of sp³-hybridized carbons (Fsp3) is 0.412. The monoisotopic (exact) mass is 331 g/mol. The molecule has 2 aliphatic heterocycles. The Morgan fingerprint density at radius 3 is 2.67 bits per heavy atom. The molecule has 0 fully saturated rings. The van der Waals surface area contributed by atoms with Crippen LogP contribution in [0, 0.1) is 0 Å². The maximum absolute atomic E-state index is 12.7. The molecule has 0 aliphatic carbocycles. The van der Waals surface area contributed by atoms with E-state index in [-0.39, 0.29) is 18.5 Å². The third-order valence-corrected chi connectivity index (χ3v) is 4.03.